The van der Waals surface area contributed by atoms with Gasteiger partial charge in [-0.25, -0.2) is 0 Å². The molecule has 2 heterocycles. The number of benzene rings is 2. The van der Waals surface area contributed by atoms with Gasteiger partial charge in [0.25, 0.3) is 0 Å². The van der Waals surface area contributed by atoms with E-state index in [9.17, 15) is 0 Å². The molecule has 0 aliphatic carbocycles. The summed E-state index contributed by atoms with van der Waals surface area (Å²) >= 11 is 7.93. The van der Waals surface area contributed by atoms with Gasteiger partial charge >= 0.3 is 0 Å². The van der Waals surface area contributed by atoms with Crippen molar-refractivity contribution < 1.29 is 14.2 Å². The molecule has 0 radical (unpaired) electrons. The number of hydrogen-bond donors (Lipinski definition) is 0. The minimum absolute atomic E-state index is 0.514. The molecule has 0 saturated carbocycles. The number of ether oxygens (including phenoxy) is 3. The first kappa shape index (κ1) is 19.7. The maximum absolute atomic E-state index is 6.35. The Morgan fingerprint density at radius 1 is 1.21 bits per heavy atom. The summed E-state index contributed by atoms with van der Waals surface area (Å²) in [5, 5.41) is 10.1. The highest BCUT2D eigenvalue weighted by Crippen LogP contribution is 2.39. The van der Waals surface area contributed by atoms with E-state index in [1.54, 1.807) is 18.9 Å². The highest BCUT2D eigenvalue weighted by atomic mass is 35.5. The molecule has 6 nitrogen and oxygen atoms in total. The van der Waals surface area contributed by atoms with Crippen LogP contribution >= 0.6 is 23.4 Å². The largest absolute Gasteiger partial charge is 0.497 e. The van der Waals surface area contributed by atoms with E-state index in [1.165, 1.54) is 0 Å². The van der Waals surface area contributed by atoms with Crippen LogP contribution in [-0.4, -0.2) is 35.1 Å². The maximum Gasteiger partial charge on any atom is 0.192 e. The Kier molecular flexibility index (Phi) is 5.97. The molecule has 1 aliphatic heterocycles. The minimum atomic E-state index is 0.514. The fourth-order valence-electron chi connectivity index (χ4n) is 3.04. The van der Waals surface area contributed by atoms with Crippen molar-refractivity contribution in [1.29, 1.82) is 0 Å². The lowest BCUT2D eigenvalue weighted by Crippen LogP contribution is -2.15. The van der Waals surface area contributed by atoms with Gasteiger partial charge < -0.3 is 14.2 Å². The normalized spacial score (nSPS) is 12.6. The first-order valence-electron chi connectivity index (χ1n) is 9.09. The van der Waals surface area contributed by atoms with E-state index in [4.69, 9.17) is 25.8 Å². The number of allylic oxidation sites excluding steroid dienone is 1. The molecule has 0 atom stereocenters. The van der Waals surface area contributed by atoms with Crippen LogP contribution in [-0.2, 0) is 12.3 Å². The standard InChI is InChI=1S/C21H20ClN3O3S/c1-3-8-25-20(15-4-6-16(26-2)7-5-15)23-24-21(25)29-13-14-11-17(22)19-18(12-14)27-9-10-28-19/h3-7,11-12H,1,8-10,13H2,2H3. The predicted molar refractivity (Wildman–Crippen MR) is 114 cm³/mol. The van der Waals surface area contributed by atoms with Crippen molar-refractivity contribution in [2.75, 3.05) is 20.3 Å². The Morgan fingerprint density at radius 3 is 2.76 bits per heavy atom. The van der Waals surface area contributed by atoms with Gasteiger partial charge in [-0.2, -0.15) is 0 Å². The number of thioether (sulfide) groups is 1. The average Bonchev–Trinajstić information content (AvgIpc) is 3.15. The van der Waals surface area contributed by atoms with Crippen molar-refractivity contribution >= 4 is 23.4 Å². The van der Waals surface area contributed by atoms with E-state index >= 15 is 0 Å². The quantitative estimate of drug-likeness (QED) is 0.395. The molecule has 0 amide bonds. The number of halogens is 1. The van der Waals surface area contributed by atoms with Gasteiger partial charge in [0, 0.05) is 17.9 Å². The van der Waals surface area contributed by atoms with Gasteiger partial charge in [-0.05, 0) is 42.0 Å². The van der Waals surface area contributed by atoms with E-state index in [0.717, 1.165) is 27.9 Å². The number of hydrogen-bond acceptors (Lipinski definition) is 6. The molecule has 8 heteroatoms. The molecule has 0 N–H and O–H groups in total. The minimum Gasteiger partial charge on any atom is -0.497 e. The molecule has 3 aromatic rings. The molecule has 1 aromatic heterocycles. The zero-order chi connectivity index (χ0) is 20.2. The van der Waals surface area contributed by atoms with Crippen LogP contribution in [0.15, 0.2) is 54.2 Å². The van der Waals surface area contributed by atoms with E-state index in [1.807, 2.05) is 47.0 Å². The first-order chi connectivity index (χ1) is 14.2. The molecular weight excluding hydrogens is 410 g/mol. The molecule has 0 saturated heterocycles. The van der Waals surface area contributed by atoms with E-state index in [2.05, 4.69) is 16.8 Å². The fraction of sp³-hybridized carbons (Fsp3) is 0.238. The van der Waals surface area contributed by atoms with E-state index in [-0.39, 0.29) is 0 Å². The predicted octanol–water partition coefficient (Wildman–Crippen LogP) is 4.86. The highest BCUT2D eigenvalue weighted by Gasteiger charge is 2.18. The molecular formula is C21H20ClN3O3S. The lowest BCUT2D eigenvalue weighted by atomic mass is 10.2. The second-order valence-corrected chi connectivity index (χ2v) is 7.67. The Hall–Kier alpha value is -2.64. The molecule has 2 aromatic carbocycles. The smallest absolute Gasteiger partial charge is 0.192 e. The van der Waals surface area contributed by atoms with Crippen molar-refractivity contribution in [2.45, 2.75) is 17.5 Å². The van der Waals surface area contributed by atoms with Crippen molar-refractivity contribution in [2.24, 2.45) is 0 Å². The molecule has 150 valence electrons. The number of fused-ring (bicyclic) bond motifs is 1. The SMILES string of the molecule is C=CCn1c(SCc2cc(Cl)c3c(c2)OCCO3)nnc1-c1ccc(OC)cc1. The summed E-state index contributed by atoms with van der Waals surface area (Å²) in [6.07, 6.45) is 1.83. The lowest BCUT2D eigenvalue weighted by Gasteiger charge is -2.20. The lowest BCUT2D eigenvalue weighted by molar-refractivity contribution is 0.171. The third-order valence-electron chi connectivity index (χ3n) is 4.40. The molecule has 29 heavy (non-hydrogen) atoms. The van der Waals surface area contributed by atoms with E-state index < -0.39 is 0 Å². The zero-order valence-electron chi connectivity index (χ0n) is 15.9. The highest BCUT2D eigenvalue weighted by molar-refractivity contribution is 7.98. The van der Waals surface area contributed by atoms with Crippen molar-refractivity contribution in [3.05, 3.63) is 59.6 Å². The van der Waals surface area contributed by atoms with Gasteiger partial charge in [-0.1, -0.05) is 29.4 Å². The van der Waals surface area contributed by atoms with Crippen LogP contribution < -0.4 is 14.2 Å². The summed E-state index contributed by atoms with van der Waals surface area (Å²) in [6, 6.07) is 11.6. The molecule has 1 aliphatic rings. The topological polar surface area (TPSA) is 58.4 Å². The zero-order valence-corrected chi connectivity index (χ0v) is 17.5. The number of rotatable bonds is 7. The summed E-state index contributed by atoms with van der Waals surface area (Å²) in [7, 11) is 1.65. The second-order valence-electron chi connectivity index (χ2n) is 6.32. The number of aromatic nitrogens is 3. The molecule has 0 spiro atoms. The van der Waals surface area contributed by atoms with Crippen molar-refractivity contribution in [3.8, 4) is 28.6 Å². The molecule has 0 fully saturated rings. The van der Waals surface area contributed by atoms with Crippen LogP contribution in [0.25, 0.3) is 11.4 Å². The van der Waals surface area contributed by atoms with Crippen LogP contribution in [0.2, 0.25) is 5.02 Å². The Labute approximate surface area is 178 Å². The van der Waals surface area contributed by atoms with Crippen molar-refractivity contribution in [3.63, 3.8) is 0 Å². The van der Waals surface area contributed by atoms with Crippen LogP contribution in [0.5, 0.6) is 17.2 Å². The van der Waals surface area contributed by atoms with Gasteiger partial charge in [-0.15, -0.1) is 16.8 Å². The Morgan fingerprint density at radius 2 is 2.00 bits per heavy atom. The van der Waals surface area contributed by atoms with Crippen molar-refractivity contribution in [1.82, 2.24) is 14.8 Å². The maximum atomic E-state index is 6.35. The second kappa shape index (κ2) is 8.80. The molecule has 0 unspecified atom stereocenters. The summed E-state index contributed by atoms with van der Waals surface area (Å²) in [4.78, 5) is 0. The summed E-state index contributed by atoms with van der Waals surface area (Å²) in [5.74, 6) is 3.56. The van der Waals surface area contributed by atoms with Gasteiger partial charge in [0.05, 0.1) is 12.1 Å². The van der Waals surface area contributed by atoms with Gasteiger partial charge in [-0.3, -0.25) is 4.57 Å². The number of methoxy groups -OCH3 is 1. The Bertz CT molecular complexity index is 1020. The third kappa shape index (κ3) is 4.21. The first-order valence-corrected chi connectivity index (χ1v) is 10.5. The van der Waals surface area contributed by atoms with Crippen LogP contribution in [0.4, 0.5) is 0 Å². The van der Waals surface area contributed by atoms with Crippen LogP contribution in [0.1, 0.15) is 5.56 Å². The summed E-state index contributed by atoms with van der Waals surface area (Å²) < 4.78 is 18.5. The fourth-order valence-corrected chi connectivity index (χ4v) is 4.20. The van der Waals surface area contributed by atoms with Crippen LogP contribution in [0, 0.1) is 0 Å². The molecule has 4 rings (SSSR count). The van der Waals surface area contributed by atoms with E-state index in [0.29, 0.717) is 42.0 Å². The van der Waals surface area contributed by atoms with Crippen LogP contribution in [0.3, 0.4) is 0 Å². The third-order valence-corrected chi connectivity index (χ3v) is 5.72. The monoisotopic (exact) mass is 429 g/mol. The number of nitrogens with zero attached hydrogens (tertiary/aromatic N) is 3. The van der Waals surface area contributed by atoms with Gasteiger partial charge in [0.1, 0.15) is 19.0 Å². The van der Waals surface area contributed by atoms with Gasteiger partial charge in [0.2, 0.25) is 0 Å². The average molecular weight is 430 g/mol. The Balaban J connectivity index is 1.56. The molecule has 0 bridgehead atoms. The van der Waals surface area contributed by atoms with Gasteiger partial charge in [0.15, 0.2) is 22.5 Å². The summed E-state index contributed by atoms with van der Waals surface area (Å²) in [6.45, 7) is 5.51. The summed E-state index contributed by atoms with van der Waals surface area (Å²) in [5.41, 5.74) is 2.00.